The average molecular weight is 397 g/mol. The summed E-state index contributed by atoms with van der Waals surface area (Å²) in [5.74, 6) is 0.645. The molecule has 0 aliphatic heterocycles. The number of hydrogen-bond donors (Lipinski definition) is 1. The molecule has 2 aromatic carbocycles. The first-order valence-electron chi connectivity index (χ1n) is 8.46. The van der Waals surface area contributed by atoms with Crippen molar-refractivity contribution in [2.45, 2.75) is 20.4 Å². The van der Waals surface area contributed by atoms with Gasteiger partial charge in [0.15, 0.2) is 5.82 Å². The van der Waals surface area contributed by atoms with Crippen molar-refractivity contribution < 1.29 is 4.79 Å². The van der Waals surface area contributed by atoms with E-state index in [0.29, 0.717) is 10.7 Å². The molecule has 0 saturated carbocycles. The number of aromatic nitrogens is 3. The van der Waals surface area contributed by atoms with Gasteiger partial charge in [0.05, 0.1) is 26.6 Å². The van der Waals surface area contributed by atoms with Gasteiger partial charge in [-0.2, -0.15) is 0 Å². The van der Waals surface area contributed by atoms with E-state index in [-0.39, 0.29) is 12.5 Å². The van der Waals surface area contributed by atoms with Crippen molar-refractivity contribution in [3.63, 3.8) is 0 Å². The third-order valence-electron chi connectivity index (χ3n) is 4.19. The number of nitrogens with zero attached hydrogens (tertiary/aromatic N) is 3. The van der Waals surface area contributed by atoms with Crippen LogP contribution in [0, 0.1) is 13.8 Å². The fourth-order valence-corrected chi connectivity index (χ4v) is 4.07. The van der Waals surface area contributed by atoms with Crippen LogP contribution in [0.5, 0.6) is 0 Å². The van der Waals surface area contributed by atoms with Crippen molar-refractivity contribution >= 4 is 45.6 Å². The zero-order chi connectivity index (χ0) is 19.0. The highest BCUT2D eigenvalue weighted by Crippen LogP contribution is 2.31. The second kappa shape index (κ2) is 7.13. The number of para-hydroxylation sites is 2. The van der Waals surface area contributed by atoms with Gasteiger partial charge in [0.2, 0.25) is 5.91 Å². The van der Waals surface area contributed by atoms with Gasteiger partial charge in [-0.05, 0) is 50.2 Å². The summed E-state index contributed by atoms with van der Waals surface area (Å²) in [6.07, 6.45) is 0. The van der Waals surface area contributed by atoms with Crippen LogP contribution >= 0.6 is 22.9 Å². The van der Waals surface area contributed by atoms with Crippen molar-refractivity contribution in [1.29, 1.82) is 0 Å². The molecular weight excluding hydrogens is 380 g/mol. The largest absolute Gasteiger partial charge is 0.325 e. The van der Waals surface area contributed by atoms with E-state index in [2.05, 4.69) is 10.3 Å². The predicted octanol–water partition coefficient (Wildman–Crippen LogP) is 5.07. The van der Waals surface area contributed by atoms with E-state index >= 15 is 0 Å². The Hall–Kier alpha value is -2.70. The Balaban J connectivity index is 1.71. The van der Waals surface area contributed by atoms with Crippen LogP contribution in [0.25, 0.3) is 21.7 Å². The molecule has 1 N–H and O–H groups in total. The summed E-state index contributed by atoms with van der Waals surface area (Å²) in [6.45, 7) is 4.10. The molecule has 2 heterocycles. The second-order valence-corrected chi connectivity index (χ2v) is 7.85. The fraction of sp³-hybridized carbons (Fsp3) is 0.150. The zero-order valence-electron chi connectivity index (χ0n) is 14.9. The summed E-state index contributed by atoms with van der Waals surface area (Å²) < 4.78 is 1.94. The van der Waals surface area contributed by atoms with E-state index in [9.17, 15) is 4.79 Å². The van der Waals surface area contributed by atoms with Crippen molar-refractivity contribution in [3.05, 3.63) is 64.3 Å². The lowest BCUT2D eigenvalue weighted by molar-refractivity contribution is -0.116. The first-order valence-corrected chi connectivity index (χ1v) is 9.66. The SMILES string of the molecule is Cc1nc(C)c(-c2nc3ccccc3n2CC(=O)Nc2ccc(Cl)cc2)s1. The number of halogens is 1. The molecular formula is C20H17ClN4OS. The van der Waals surface area contributed by atoms with Gasteiger partial charge in [-0.25, -0.2) is 9.97 Å². The number of imidazole rings is 1. The van der Waals surface area contributed by atoms with Gasteiger partial charge >= 0.3 is 0 Å². The lowest BCUT2D eigenvalue weighted by atomic mass is 10.3. The van der Waals surface area contributed by atoms with Gasteiger partial charge < -0.3 is 9.88 Å². The van der Waals surface area contributed by atoms with Crippen LogP contribution in [0.15, 0.2) is 48.5 Å². The van der Waals surface area contributed by atoms with Gasteiger partial charge in [0.25, 0.3) is 0 Å². The van der Waals surface area contributed by atoms with Crippen molar-refractivity contribution in [2.75, 3.05) is 5.32 Å². The summed E-state index contributed by atoms with van der Waals surface area (Å²) in [4.78, 5) is 22.9. The number of carbonyl (C=O) groups is 1. The molecule has 5 nitrogen and oxygen atoms in total. The first kappa shape index (κ1) is 17.7. The normalized spacial score (nSPS) is 11.1. The van der Waals surface area contributed by atoms with Gasteiger partial charge in [-0.15, -0.1) is 11.3 Å². The fourth-order valence-electron chi connectivity index (χ4n) is 3.03. The van der Waals surface area contributed by atoms with E-state index in [1.54, 1.807) is 35.6 Å². The van der Waals surface area contributed by atoms with Gasteiger partial charge in [0, 0.05) is 10.7 Å². The highest BCUT2D eigenvalue weighted by molar-refractivity contribution is 7.15. The molecule has 0 saturated heterocycles. The summed E-state index contributed by atoms with van der Waals surface area (Å²) >= 11 is 7.49. The Morgan fingerprint density at radius 3 is 2.56 bits per heavy atom. The first-order chi connectivity index (χ1) is 13.0. The summed E-state index contributed by atoms with van der Waals surface area (Å²) in [7, 11) is 0. The van der Waals surface area contributed by atoms with Crippen LogP contribution in [-0.2, 0) is 11.3 Å². The Morgan fingerprint density at radius 2 is 1.85 bits per heavy atom. The Morgan fingerprint density at radius 1 is 1.11 bits per heavy atom. The summed E-state index contributed by atoms with van der Waals surface area (Å²) in [6, 6.07) is 14.9. The topological polar surface area (TPSA) is 59.8 Å². The minimum absolute atomic E-state index is 0.124. The van der Waals surface area contributed by atoms with E-state index < -0.39 is 0 Å². The van der Waals surface area contributed by atoms with E-state index in [0.717, 1.165) is 32.4 Å². The van der Waals surface area contributed by atoms with Crippen molar-refractivity contribution in [3.8, 4) is 10.7 Å². The van der Waals surface area contributed by atoms with Gasteiger partial charge in [0.1, 0.15) is 6.54 Å². The zero-order valence-corrected chi connectivity index (χ0v) is 16.4. The number of anilines is 1. The minimum atomic E-state index is -0.124. The average Bonchev–Trinajstić information content (AvgIpc) is 3.16. The van der Waals surface area contributed by atoms with Crippen molar-refractivity contribution in [2.24, 2.45) is 0 Å². The van der Waals surface area contributed by atoms with Gasteiger partial charge in [-0.1, -0.05) is 23.7 Å². The molecule has 4 aromatic rings. The molecule has 7 heteroatoms. The monoisotopic (exact) mass is 396 g/mol. The van der Waals surface area contributed by atoms with Crippen molar-refractivity contribution in [1.82, 2.24) is 14.5 Å². The molecule has 0 aliphatic rings. The highest BCUT2D eigenvalue weighted by atomic mass is 35.5. The smallest absolute Gasteiger partial charge is 0.244 e. The maximum atomic E-state index is 12.7. The number of amides is 1. The molecule has 0 bridgehead atoms. The Bertz CT molecular complexity index is 1130. The van der Waals surface area contributed by atoms with Crippen LogP contribution in [0.3, 0.4) is 0 Å². The standard InChI is InChI=1S/C20H17ClN4OS/c1-12-19(27-13(2)22-12)20-24-16-5-3-4-6-17(16)25(20)11-18(26)23-15-9-7-14(21)8-10-15/h3-10H,11H2,1-2H3,(H,23,26). The van der Waals surface area contributed by atoms with Crippen LogP contribution < -0.4 is 5.32 Å². The molecule has 0 radical (unpaired) electrons. The van der Waals surface area contributed by atoms with E-state index in [1.165, 1.54) is 0 Å². The number of thiazole rings is 1. The maximum Gasteiger partial charge on any atom is 0.244 e. The van der Waals surface area contributed by atoms with Crippen LogP contribution in [0.2, 0.25) is 5.02 Å². The molecule has 1 amide bonds. The molecule has 136 valence electrons. The number of aryl methyl sites for hydroxylation is 2. The molecule has 0 atom stereocenters. The molecule has 27 heavy (non-hydrogen) atoms. The lowest BCUT2D eigenvalue weighted by Gasteiger charge is -2.10. The Kier molecular flexibility index (Phi) is 4.68. The molecule has 4 rings (SSSR count). The molecule has 2 aromatic heterocycles. The molecule has 0 aliphatic carbocycles. The second-order valence-electron chi connectivity index (χ2n) is 6.21. The number of nitrogens with one attached hydrogen (secondary N) is 1. The van der Waals surface area contributed by atoms with E-state index in [4.69, 9.17) is 16.6 Å². The predicted molar refractivity (Wildman–Crippen MR) is 110 cm³/mol. The number of hydrogen-bond acceptors (Lipinski definition) is 4. The maximum absolute atomic E-state index is 12.7. The Labute approximate surface area is 165 Å². The number of fused-ring (bicyclic) bond motifs is 1. The number of carbonyl (C=O) groups excluding carboxylic acids is 1. The number of benzene rings is 2. The van der Waals surface area contributed by atoms with E-state index in [1.807, 2.05) is 42.7 Å². The molecule has 0 fully saturated rings. The van der Waals surface area contributed by atoms with Crippen LogP contribution in [0.1, 0.15) is 10.7 Å². The quantitative estimate of drug-likeness (QED) is 0.524. The van der Waals surface area contributed by atoms with Gasteiger partial charge in [-0.3, -0.25) is 4.79 Å². The number of rotatable bonds is 4. The lowest BCUT2D eigenvalue weighted by Crippen LogP contribution is -2.19. The summed E-state index contributed by atoms with van der Waals surface area (Å²) in [5, 5.41) is 4.52. The summed E-state index contributed by atoms with van der Waals surface area (Å²) in [5.41, 5.74) is 3.41. The third-order valence-corrected chi connectivity index (χ3v) is 5.51. The third kappa shape index (κ3) is 3.59. The highest BCUT2D eigenvalue weighted by Gasteiger charge is 2.19. The van der Waals surface area contributed by atoms with Crippen LogP contribution in [0.4, 0.5) is 5.69 Å². The molecule has 0 unspecified atom stereocenters. The minimum Gasteiger partial charge on any atom is -0.325 e. The molecule has 0 spiro atoms. The van der Waals surface area contributed by atoms with Crippen LogP contribution in [-0.4, -0.2) is 20.4 Å².